The molecule has 0 aromatic heterocycles. The van der Waals surface area contributed by atoms with Gasteiger partial charge in [0, 0.05) is 13.8 Å². The van der Waals surface area contributed by atoms with Crippen LogP contribution >= 0.6 is 0 Å². The van der Waals surface area contributed by atoms with E-state index in [9.17, 15) is 4.79 Å². The molecule has 1 unspecified atom stereocenters. The molecule has 19 heavy (non-hydrogen) atoms. The molecule has 1 heterocycles. The summed E-state index contributed by atoms with van der Waals surface area (Å²) in [6, 6.07) is 5.79. The van der Waals surface area contributed by atoms with Crippen LogP contribution < -0.4 is 9.47 Å². The second-order valence-electron chi connectivity index (χ2n) is 5.85. The van der Waals surface area contributed by atoms with Gasteiger partial charge >= 0.3 is 5.97 Å². The Morgan fingerprint density at radius 2 is 2.05 bits per heavy atom. The van der Waals surface area contributed by atoms with Crippen LogP contribution in [0.15, 0.2) is 18.2 Å². The first kappa shape index (κ1) is 12.3. The molecule has 4 heteroatoms. The maximum atomic E-state index is 11.0. The summed E-state index contributed by atoms with van der Waals surface area (Å²) >= 11 is 0. The Kier molecular flexibility index (Phi) is 2.69. The SMILES string of the molecule is CC1(C)Oc2ccc(C(CC(=O)O)C3CC3)cc2O1. The van der Waals surface area contributed by atoms with Gasteiger partial charge in [-0.05, 0) is 42.4 Å². The third kappa shape index (κ3) is 2.53. The van der Waals surface area contributed by atoms with E-state index >= 15 is 0 Å². The first-order chi connectivity index (χ1) is 8.94. The monoisotopic (exact) mass is 262 g/mol. The Bertz CT molecular complexity index is 517. The smallest absolute Gasteiger partial charge is 0.303 e. The normalized spacial score (nSPS) is 21.2. The molecule has 1 aromatic rings. The number of aliphatic carboxylic acids is 1. The van der Waals surface area contributed by atoms with Crippen LogP contribution in [0.2, 0.25) is 0 Å². The number of hydrogen-bond acceptors (Lipinski definition) is 3. The molecule has 0 bridgehead atoms. The molecule has 1 atom stereocenters. The Labute approximate surface area is 112 Å². The van der Waals surface area contributed by atoms with Gasteiger partial charge in [0.15, 0.2) is 11.5 Å². The number of hydrogen-bond donors (Lipinski definition) is 1. The summed E-state index contributed by atoms with van der Waals surface area (Å²) < 4.78 is 11.4. The van der Waals surface area contributed by atoms with Crippen molar-refractivity contribution < 1.29 is 19.4 Å². The number of rotatable bonds is 4. The van der Waals surface area contributed by atoms with Crippen molar-refractivity contribution in [3.05, 3.63) is 23.8 Å². The van der Waals surface area contributed by atoms with Gasteiger partial charge in [0.1, 0.15) is 0 Å². The van der Waals surface area contributed by atoms with Gasteiger partial charge in [-0.25, -0.2) is 0 Å². The molecule has 1 N–H and O–H groups in total. The van der Waals surface area contributed by atoms with E-state index < -0.39 is 11.8 Å². The van der Waals surface area contributed by atoms with Gasteiger partial charge in [0.2, 0.25) is 5.79 Å². The van der Waals surface area contributed by atoms with Crippen LogP contribution in [-0.4, -0.2) is 16.9 Å². The fraction of sp³-hybridized carbons (Fsp3) is 0.533. The second kappa shape index (κ2) is 4.15. The fourth-order valence-corrected chi connectivity index (χ4v) is 2.71. The Hall–Kier alpha value is -1.71. The fourth-order valence-electron chi connectivity index (χ4n) is 2.71. The van der Waals surface area contributed by atoms with Crippen LogP contribution in [0, 0.1) is 5.92 Å². The number of ether oxygens (including phenoxy) is 2. The molecule has 0 spiro atoms. The number of carboxylic acid groups (broad SMARTS) is 1. The van der Waals surface area contributed by atoms with Crippen molar-refractivity contribution in [3.8, 4) is 11.5 Å². The molecule has 1 aliphatic heterocycles. The Balaban J connectivity index is 1.87. The van der Waals surface area contributed by atoms with Crippen LogP contribution in [0.5, 0.6) is 11.5 Å². The van der Waals surface area contributed by atoms with E-state index in [1.807, 2.05) is 32.0 Å². The first-order valence-electron chi connectivity index (χ1n) is 6.68. The molecule has 1 aromatic carbocycles. The molecular weight excluding hydrogens is 244 g/mol. The maximum absolute atomic E-state index is 11.0. The third-order valence-corrected chi connectivity index (χ3v) is 3.69. The van der Waals surface area contributed by atoms with Gasteiger partial charge in [0.05, 0.1) is 6.42 Å². The van der Waals surface area contributed by atoms with Gasteiger partial charge in [-0.3, -0.25) is 4.79 Å². The summed E-state index contributed by atoms with van der Waals surface area (Å²) in [4.78, 5) is 11.0. The topological polar surface area (TPSA) is 55.8 Å². The molecule has 1 saturated carbocycles. The lowest BCUT2D eigenvalue weighted by Crippen LogP contribution is -2.29. The molecular formula is C15H18O4. The van der Waals surface area contributed by atoms with Crippen LogP contribution in [0.25, 0.3) is 0 Å². The predicted octanol–water partition coefficient (Wildman–Crippen LogP) is 3.16. The van der Waals surface area contributed by atoms with E-state index in [-0.39, 0.29) is 12.3 Å². The standard InChI is InChI=1S/C15H18O4/c1-15(2)18-12-6-5-10(7-13(12)19-15)11(8-14(16)17)9-3-4-9/h5-7,9,11H,3-4,8H2,1-2H3,(H,16,17). The minimum Gasteiger partial charge on any atom is -0.481 e. The summed E-state index contributed by atoms with van der Waals surface area (Å²) in [5.41, 5.74) is 1.05. The molecule has 0 amide bonds. The minimum atomic E-state index is -0.741. The van der Waals surface area contributed by atoms with Crippen molar-refractivity contribution in [1.82, 2.24) is 0 Å². The molecule has 4 nitrogen and oxygen atoms in total. The highest BCUT2D eigenvalue weighted by molar-refractivity contribution is 5.68. The lowest BCUT2D eigenvalue weighted by molar-refractivity contribution is -0.137. The summed E-state index contributed by atoms with van der Waals surface area (Å²) in [6.07, 6.45) is 2.43. The van der Waals surface area contributed by atoms with Crippen LogP contribution in [0.1, 0.15) is 44.6 Å². The molecule has 3 rings (SSSR count). The molecule has 1 aliphatic carbocycles. The molecule has 0 radical (unpaired) electrons. The highest BCUT2D eigenvalue weighted by atomic mass is 16.7. The van der Waals surface area contributed by atoms with Gasteiger partial charge in [-0.1, -0.05) is 6.07 Å². The minimum absolute atomic E-state index is 0.0927. The maximum Gasteiger partial charge on any atom is 0.303 e. The van der Waals surface area contributed by atoms with E-state index in [2.05, 4.69) is 0 Å². The quantitative estimate of drug-likeness (QED) is 0.905. The van der Waals surface area contributed by atoms with Crippen molar-refractivity contribution >= 4 is 5.97 Å². The molecule has 0 saturated heterocycles. The van der Waals surface area contributed by atoms with E-state index in [0.29, 0.717) is 5.92 Å². The van der Waals surface area contributed by atoms with Gasteiger partial charge in [0.25, 0.3) is 0 Å². The zero-order chi connectivity index (χ0) is 13.6. The van der Waals surface area contributed by atoms with Crippen LogP contribution in [0.3, 0.4) is 0 Å². The summed E-state index contributed by atoms with van der Waals surface area (Å²) in [6.45, 7) is 3.73. The van der Waals surface area contributed by atoms with Crippen LogP contribution in [0.4, 0.5) is 0 Å². The molecule has 1 fully saturated rings. The Morgan fingerprint density at radius 3 is 2.68 bits per heavy atom. The lowest BCUT2D eigenvalue weighted by Gasteiger charge is -2.16. The molecule has 102 valence electrons. The summed E-state index contributed by atoms with van der Waals surface area (Å²) in [5, 5.41) is 9.04. The van der Waals surface area contributed by atoms with Crippen molar-refractivity contribution in [2.45, 2.75) is 44.8 Å². The predicted molar refractivity (Wildman–Crippen MR) is 69.5 cm³/mol. The first-order valence-corrected chi connectivity index (χ1v) is 6.68. The molecule has 2 aliphatic rings. The van der Waals surface area contributed by atoms with Gasteiger partial charge in [-0.2, -0.15) is 0 Å². The van der Waals surface area contributed by atoms with Gasteiger partial charge in [-0.15, -0.1) is 0 Å². The van der Waals surface area contributed by atoms with Crippen LogP contribution in [-0.2, 0) is 4.79 Å². The van der Waals surface area contributed by atoms with E-state index in [1.54, 1.807) is 0 Å². The number of carbonyl (C=O) groups is 1. The van der Waals surface area contributed by atoms with Gasteiger partial charge < -0.3 is 14.6 Å². The van der Waals surface area contributed by atoms with E-state index in [0.717, 1.165) is 29.9 Å². The highest BCUT2D eigenvalue weighted by Gasteiger charge is 2.36. The zero-order valence-corrected chi connectivity index (χ0v) is 11.2. The van der Waals surface area contributed by atoms with Crippen molar-refractivity contribution in [2.24, 2.45) is 5.92 Å². The summed E-state index contributed by atoms with van der Waals surface area (Å²) in [7, 11) is 0. The second-order valence-corrected chi connectivity index (χ2v) is 5.85. The van der Waals surface area contributed by atoms with E-state index in [1.165, 1.54) is 0 Å². The number of benzene rings is 1. The van der Waals surface area contributed by atoms with Crippen molar-refractivity contribution in [2.75, 3.05) is 0 Å². The number of fused-ring (bicyclic) bond motifs is 1. The zero-order valence-electron chi connectivity index (χ0n) is 11.2. The number of carboxylic acids is 1. The average molecular weight is 262 g/mol. The largest absolute Gasteiger partial charge is 0.481 e. The van der Waals surface area contributed by atoms with Crippen molar-refractivity contribution in [1.29, 1.82) is 0 Å². The average Bonchev–Trinajstić information content (AvgIpc) is 3.07. The third-order valence-electron chi connectivity index (χ3n) is 3.69. The van der Waals surface area contributed by atoms with Crippen molar-refractivity contribution in [3.63, 3.8) is 0 Å². The lowest BCUT2D eigenvalue weighted by atomic mass is 9.91. The van der Waals surface area contributed by atoms with E-state index in [4.69, 9.17) is 14.6 Å². The highest BCUT2D eigenvalue weighted by Crippen LogP contribution is 2.47. The summed E-state index contributed by atoms with van der Waals surface area (Å²) in [5.74, 6) is 0.676. The Morgan fingerprint density at radius 1 is 1.37 bits per heavy atom.